The van der Waals surface area contributed by atoms with Gasteiger partial charge in [0.1, 0.15) is 6.54 Å². The lowest BCUT2D eigenvalue weighted by Gasteiger charge is -2.15. The molecule has 0 aliphatic rings. The molecule has 28 heavy (non-hydrogen) atoms. The van der Waals surface area contributed by atoms with Gasteiger partial charge in [-0.15, -0.1) is 0 Å². The van der Waals surface area contributed by atoms with Gasteiger partial charge in [-0.05, 0) is 12.8 Å². The molecule has 0 radical (unpaired) electrons. The van der Waals surface area contributed by atoms with E-state index in [1.165, 1.54) is 0 Å². The molecule has 0 spiro atoms. The molecule has 1 heterocycles. The highest BCUT2D eigenvalue weighted by molar-refractivity contribution is 5.97. The van der Waals surface area contributed by atoms with Crippen LogP contribution >= 0.6 is 0 Å². The van der Waals surface area contributed by atoms with Gasteiger partial charge in [0, 0.05) is 13.1 Å². The average Bonchev–Trinajstić information content (AvgIpc) is 2.65. The molecule has 9 nitrogen and oxygen atoms in total. The number of hydrogen-bond donors (Lipinski definition) is 3. The summed E-state index contributed by atoms with van der Waals surface area (Å²) in [7, 11) is 0. The minimum Gasteiger partial charge on any atom is -0.494 e. The zero-order valence-electron chi connectivity index (χ0n) is 16.7. The Morgan fingerprint density at radius 1 is 0.893 bits per heavy atom. The lowest BCUT2D eigenvalue weighted by atomic mass is 10.2. The molecule has 0 unspecified atom stereocenters. The van der Waals surface area contributed by atoms with Gasteiger partial charge in [-0.25, -0.2) is 4.79 Å². The van der Waals surface area contributed by atoms with Crippen LogP contribution in [0.15, 0.2) is 9.59 Å². The number of aromatic nitrogens is 2. The van der Waals surface area contributed by atoms with Crippen LogP contribution in [0.5, 0.6) is 5.88 Å². The van der Waals surface area contributed by atoms with Crippen LogP contribution in [0.4, 0.5) is 0 Å². The Labute approximate surface area is 164 Å². The molecule has 0 atom stereocenters. The van der Waals surface area contributed by atoms with E-state index in [2.05, 4.69) is 5.32 Å². The van der Waals surface area contributed by atoms with Crippen LogP contribution in [-0.2, 0) is 17.9 Å². The molecule has 0 aliphatic carbocycles. The minimum absolute atomic E-state index is 0.145. The number of carboxylic acids is 1. The maximum absolute atomic E-state index is 12.7. The molecule has 3 N–H and O–H groups in total. The van der Waals surface area contributed by atoms with Gasteiger partial charge < -0.3 is 15.5 Å². The molecule has 0 saturated heterocycles. The van der Waals surface area contributed by atoms with Crippen molar-refractivity contribution in [1.29, 1.82) is 0 Å². The van der Waals surface area contributed by atoms with Crippen molar-refractivity contribution < 1.29 is 19.8 Å². The molecule has 0 fully saturated rings. The predicted octanol–water partition coefficient (Wildman–Crippen LogP) is 1.69. The molecule has 158 valence electrons. The first-order valence-electron chi connectivity index (χ1n) is 9.91. The van der Waals surface area contributed by atoms with Gasteiger partial charge >= 0.3 is 11.7 Å². The van der Waals surface area contributed by atoms with Crippen LogP contribution < -0.4 is 16.6 Å². The molecular weight excluding hydrogens is 366 g/mol. The lowest BCUT2D eigenvalue weighted by molar-refractivity contribution is -0.135. The van der Waals surface area contributed by atoms with Gasteiger partial charge in [0.15, 0.2) is 5.56 Å². The third-order valence-corrected chi connectivity index (χ3v) is 4.50. The van der Waals surface area contributed by atoms with Crippen LogP contribution in [0.25, 0.3) is 0 Å². The number of unbranched alkanes of at least 4 members (excludes halogenated alkanes) is 6. The van der Waals surface area contributed by atoms with Gasteiger partial charge in [0.2, 0.25) is 5.88 Å². The topological polar surface area (TPSA) is 131 Å². The second-order valence-corrected chi connectivity index (χ2v) is 6.79. The maximum Gasteiger partial charge on any atom is 0.333 e. The van der Waals surface area contributed by atoms with Crippen molar-refractivity contribution in [2.75, 3.05) is 6.54 Å². The van der Waals surface area contributed by atoms with E-state index in [0.29, 0.717) is 12.8 Å². The molecule has 0 aliphatic heterocycles. The Hall–Kier alpha value is -2.58. The van der Waals surface area contributed by atoms with Gasteiger partial charge in [-0.3, -0.25) is 23.5 Å². The third-order valence-electron chi connectivity index (χ3n) is 4.50. The molecule has 0 bridgehead atoms. The molecule has 0 saturated carbocycles. The second kappa shape index (κ2) is 12.0. The highest BCUT2D eigenvalue weighted by Crippen LogP contribution is 2.13. The quantitative estimate of drug-likeness (QED) is 0.434. The smallest absolute Gasteiger partial charge is 0.333 e. The summed E-state index contributed by atoms with van der Waals surface area (Å²) >= 11 is 0. The van der Waals surface area contributed by atoms with E-state index in [1.54, 1.807) is 0 Å². The van der Waals surface area contributed by atoms with Crippen molar-refractivity contribution >= 4 is 11.9 Å². The number of aromatic hydroxyl groups is 1. The van der Waals surface area contributed by atoms with E-state index in [9.17, 15) is 24.3 Å². The van der Waals surface area contributed by atoms with E-state index in [0.717, 1.165) is 47.7 Å². The van der Waals surface area contributed by atoms with Gasteiger partial charge in [-0.1, -0.05) is 52.4 Å². The Morgan fingerprint density at radius 3 is 1.93 bits per heavy atom. The fraction of sp³-hybridized carbons (Fsp3) is 0.684. The van der Waals surface area contributed by atoms with E-state index in [4.69, 9.17) is 5.11 Å². The Kier molecular flexibility index (Phi) is 10.0. The van der Waals surface area contributed by atoms with Crippen LogP contribution in [0.2, 0.25) is 0 Å². The van der Waals surface area contributed by atoms with E-state index in [-0.39, 0.29) is 13.1 Å². The summed E-state index contributed by atoms with van der Waals surface area (Å²) in [6.45, 7) is 3.72. The lowest BCUT2D eigenvalue weighted by Crippen LogP contribution is -2.45. The second-order valence-electron chi connectivity index (χ2n) is 6.79. The normalized spacial score (nSPS) is 10.8. The number of carboxylic acid groups (broad SMARTS) is 1. The van der Waals surface area contributed by atoms with Gasteiger partial charge in [-0.2, -0.15) is 0 Å². The van der Waals surface area contributed by atoms with Gasteiger partial charge in [0.25, 0.3) is 11.5 Å². The standard InChI is InChI=1S/C19H31N3O6/c1-3-5-7-9-11-21-17(26)15(16(25)20-13-14(23)24)18(27)22(19(21)28)12-10-8-6-4-2/h26H,3-13H2,1-2H3,(H,20,25)(H,23,24). The summed E-state index contributed by atoms with van der Waals surface area (Å²) in [4.78, 5) is 48.4. The van der Waals surface area contributed by atoms with Crippen LogP contribution in [-0.4, -0.2) is 37.8 Å². The number of hydrogen-bond acceptors (Lipinski definition) is 5. The molecular formula is C19H31N3O6. The van der Waals surface area contributed by atoms with Crippen LogP contribution in [0.1, 0.15) is 75.6 Å². The van der Waals surface area contributed by atoms with Crippen LogP contribution in [0.3, 0.4) is 0 Å². The average molecular weight is 397 g/mol. The largest absolute Gasteiger partial charge is 0.494 e. The first-order chi connectivity index (χ1) is 13.3. The number of aliphatic carboxylic acids is 1. The van der Waals surface area contributed by atoms with E-state index in [1.807, 2.05) is 13.8 Å². The maximum atomic E-state index is 12.7. The minimum atomic E-state index is -1.28. The fourth-order valence-corrected chi connectivity index (χ4v) is 2.92. The first-order valence-corrected chi connectivity index (χ1v) is 9.91. The number of nitrogens with one attached hydrogen (secondary N) is 1. The van der Waals surface area contributed by atoms with Gasteiger partial charge in [0.05, 0.1) is 0 Å². The summed E-state index contributed by atoms with van der Waals surface area (Å²) in [5.41, 5.74) is -2.14. The number of rotatable bonds is 13. The van der Waals surface area contributed by atoms with Crippen molar-refractivity contribution in [3.05, 3.63) is 26.4 Å². The summed E-state index contributed by atoms with van der Waals surface area (Å²) in [6, 6.07) is 0. The number of nitrogens with zero attached hydrogens (tertiary/aromatic N) is 2. The van der Waals surface area contributed by atoms with Crippen molar-refractivity contribution in [1.82, 2.24) is 14.5 Å². The van der Waals surface area contributed by atoms with E-state index >= 15 is 0 Å². The SMILES string of the molecule is CCCCCCn1c(O)c(C(=O)NCC(=O)O)c(=O)n(CCCCCC)c1=O. The van der Waals surface area contributed by atoms with E-state index < -0.39 is 41.1 Å². The zero-order chi connectivity index (χ0) is 21.1. The predicted molar refractivity (Wildman–Crippen MR) is 105 cm³/mol. The Bertz CT molecular complexity index is 781. The summed E-state index contributed by atoms with van der Waals surface area (Å²) < 4.78 is 2.00. The molecule has 1 rings (SSSR count). The van der Waals surface area contributed by atoms with Crippen LogP contribution in [0, 0.1) is 0 Å². The third kappa shape index (κ3) is 6.54. The molecule has 1 aromatic rings. The first kappa shape index (κ1) is 23.5. The summed E-state index contributed by atoms with van der Waals surface area (Å²) in [5, 5.41) is 21.2. The number of carbonyl (C=O) groups is 2. The zero-order valence-corrected chi connectivity index (χ0v) is 16.7. The Balaban J connectivity index is 3.27. The van der Waals surface area contributed by atoms with Crippen molar-refractivity contribution in [3.8, 4) is 5.88 Å². The highest BCUT2D eigenvalue weighted by Gasteiger charge is 2.24. The Morgan fingerprint density at radius 2 is 1.43 bits per heavy atom. The summed E-state index contributed by atoms with van der Waals surface area (Å²) in [6.07, 6.45) is 6.82. The molecule has 0 aromatic carbocycles. The monoisotopic (exact) mass is 397 g/mol. The molecule has 1 aromatic heterocycles. The highest BCUT2D eigenvalue weighted by atomic mass is 16.4. The van der Waals surface area contributed by atoms with Crippen molar-refractivity contribution in [3.63, 3.8) is 0 Å². The van der Waals surface area contributed by atoms with Crippen molar-refractivity contribution in [2.45, 2.75) is 78.3 Å². The number of carbonyl (C=O) groups excluding carboxylic acids is 1. The summed E-state index contributed by atoms with van der Waals surface area (Å²) in [5.74, 6) is -2.99. The van der Waals surface area contributed by atoms with Crippen molar-refractivity contribution in [2.24, 2.45) is 0 Å². The molecule has 9 heteroatoms. The fourth-order valence-electron chi connectivity index (χ4n) is 2.92. The molecule has 1 amide bonds. The number of amides is 1.